The minimum absolute atomic E-state index is 0.108. The van der Waals surface area contributed by atoms with Crippen molar-refractivity contribution in [3.63, 3.8) is 0 Å². The van der Waals surface area contributed by atoms with Crippen LogP contribution in [-0.4, -0.2) is 30.8 Å². The van der Waals surface area contributed by atoms with Gasteiger partial charge in [0, 0.05) is 12.5 Å². The predicted molar refractivity (Wildman–Crippen MR) is 72.2 cm³/mol. The van der Waals surface area contributed by atoms with Gasteiger partial charge in [-0.05, 0) is 31.4 Å². The lowest BCUT2D eigenvalue weighted by molar-refractivity contribution is -0.143. The van der Waals surface area contributed by atoms with Crippen LogP contribution in [0.25, 0.3) is 0 Å². The number of rotatable bonds is 7. The lowest BCUT2D eigenvalue weighted by Crippen LogP contribution is -2.24. The molecule has 5 heteroatoms. The molecule has 0 heterocycles. The molecule has 0 aliphatic heterocycles. The number of esters is 1. The lowest BCUT2D eigenvalue weighted by atomic mass is 10.0. The molecule has 1 atom stereocenters. The molecule has 0 radical (unpaired) electrons. The first kappa shape index (κ1) is 15.3. The summed E-state index contributed by atoms with van der Waals surface area (Å²) in [5.74, 6) is 0.291. The van der Waals surface area contributed by atoms with E-state index in [2.05, 4.69) is 0 Å². The molecular weight excluding hydrogens is 246 g/mol. The molecule has 0 spiro atoms. The number of phenolic OH excluding ortho intramolecular Hbond substituents is 1. The van der Waals surface area contributed by atoms with Crippen molar-refractivity contribution in [3.05, 3.63) is 23.8 Å². The zero-order valence-electron chi connectivity index (χ0n) is 11.4. The van der Waals surface area contributed by atoms with Crippen LogP contribution in [0.1, 0.15) is 25.3 Å². The Balaban J connectivity index is 2.52. The molecule has 19 heavy (non-hydrogen) atoms. The SMILES string of the molecule is CCOC(=O)CCC(N)Cc1cccc(OC)c1O. The molecule has 1 rings (SSSR count). The Hall–Kier alpha value is -1.75. The van der Waals surface area contributed by atoms with Crippen LogP contribution in [0.2, 0.25) is 0 Å². The third-order valence-electron chi connectivity index (χ3n) is 2.81. The summed E-state index contributed by atoms with van der Waals surface area (Å²) in [6, 6.07) is 5.07. The number of phenols is 1. The van der Waals surface area contributed by atoms with Crippen LogP contribution in [0.3, 0.4) is 0 Å². The number of methoxy groups -OCH3 is 1. The monoisotopic (exact) mass is 267 g/mol. The number of hydrogen-bond donors (Lipinski definition) is 2. The van der Waals surface area contributed by atoms with Crippen molar-refractivity contribution in [2.45, 2.75) is 32.2 Å². The molecule has 0 aromatic heterocycles. The van der Waals surface area contributed by atoms with Crippen molar-refractivity contribution < 1.29 is 19.4 Å². The number of hydrogen-bond acceptors (Lipinski definition) is 5. The van der Waals surface area contributed by atoms with Crippen molar-refractivity contribution >= 4 is 5.97 Å². The average Bonchev–Trinajstić information content (AvgIpc) is 2.39. The van der Waals surface area contributed by atoms with Gasteiger partial charge < -0.3 is 20.3 Å². The molecule has 0 fully saturated rings. The molecule has 0 amide bonds. The first-order chi connectivity index (χ1) is 9.08. The summed E-state index contributed by atoms with van der Waals surface area (Å²) < 4.78 is 9.87. The van der Waals surface area contributed by atoms with Crippen molar-refractivity contribution in [1.29, 1.82) is 0 Å². The fourth-order valence-electron chi connectivity index (χ4n) is 1.82. The fourth-order valence-corrected chi connectivity index (χ4v) is 1.82. The van der Waals surface area contributed by atoms with Gasteiger partial charge in [-0.3, -0.25) is 4.79 Å². The van der Waals surface area contributed by atoms with E-state index in [4.69, 9.17) is 15.2 Å². The van der Waals surface area contributed by atoms with Crippen LogP contribution in [0.15, 0.2) is 18.2 Å². The Bertz CT molecular complexity index is 420. The number of benzene rings is 1. The highest BCUT2D eigenvalue weighted by Crippen LogP contribution is 2.30. The van der Waals surface area contributed by atoms with Crippen molar-refractivity contribution in [2.75, 3.05) is 13.7 Å². The fraction of sp³-hybridized carbons (Fsp3) is 0.500. The molecule has 1 aromatic rings. The van der Waals surface area contributed by atoms with Crippen LogP contribution < -0.4 is 10.5 Å². The number of nitrogens with two attached hydrogens (primary N) is 1. The normalized spacial score (nSPS) is 11.9. The highest BCUT2D eigenvalue weighted by molar-refractivity contribution is 5.69. The summed E-state index contributed by atoms with van der Waals surface area (Å²) in [5.41, 5.74) is 6.67. The van der Waals surface area contributed by atoms with Gasteiger partial charge in [0.2, 0.25) is 0 Å². The summed E-state index contributed by atoms with van der Waals surface area (Å²) in [5, 5.41) is 9.93. The standard InChI is InChI=1S/C14H21NO4/c1-3-19-13(16)8-7-11(15)9-10-5-4-6-12(18-2)14(10)17/h4-6,11,17H,3,7-9,15H2,1-2H3. The Morgan fingerprint density at radius 1 is 1.47 bits per heavy atom. The molecule has 0 saturated carbocycles. The third kappa shape index (κ3) is 4.79. The minimum Gasteiger partial charge on any atom is -0.504 e. The highest BCUT2D eigenvalue weighted by Gasteiger charge is 2.13. The van der Waals surface area contributed by atoms with Gasteiger partial charge in [-0.2, -0.15) is 0 Å². The maximum absolute atomic E-state index is 11.2. The molecule has 1 unspecified atom stereocenters. The van der Waals surface area contributed by atoms with E-state index in [0.717, 1.165) is 5.56 Å². The minimum atomic E-state index is -0.243. The molecule has 106 valence electrons. The molecule has 3 N–H and O–H groups in total. The van der Waals surface area contributed by atoms with Gasteiger partial charge >= 0.3 is 5.97 Å². The third-order valence-corrected chi connectivity index (χ3v) is 2.81. The van der Waals surface area contributed by atoms with E-state index in [1.54, 1.807) is 25.1 Å². The quantitative estimate of drug-likeness (QED) is 0.733. The molecule has 0 aliphatic carbocycles. The summed E-state index contributed by atoms with van der Waals surface area (Å²) in [6.07, 6.45) is 1.30. The summed E-state index contributed by atoms with van der Waals surface area (Å²) in [6.45, 7) is 2.15. The molecular formula is C14H21NO4. The Morgan fingerprint density at radius 3 is 2.84 bits per heavy atom. The second kappa shape index (κ2) is 7.63. The lowest BCUT2D eigenvalue weighted by Gasteiger charge is -2.13. The van der Waals surface area contributed by atoms with Gasteiger partial charge in [0.15, 0.2) is 11.5 Å². The number of aromatic hydroxyl groups is 1. The Morgan fingerprint density at radius 2 is 2.21 bits per heavy atom. The van der Waals surface area contributed by atoms with Crippen LogP contribution in [0, 0.1) is 0 Å². The van der Waals surface area contributed by atoms with E-state index < -0.39 is 0 Å². The van der Waals surface area contributed by atoms with E-state index in [9.17, 15) is 9.90 Å². The van der Waals surface area contributed by atoms with Gasteiger partial charge in [-0.25, -0.2) is 0 Å². The first-order valence-electron chi connectivity index (χ1n) is 6.34. The van der Waals surface area contributed by atoms with Crippen molar-refractivity contribution in [3.8, 4) is 11.5 Å². The van der Waals surface area contributed by atoms with Crippen LogP contribution in [0.4, 0.5) is 0 Å². The zero-order valence-corrected chi connectivity index (χ0v) is 11.4. The maximum Gasteiger partial charge on any atom is 0.305 e. The van der Waals surface area contributed by atoms with Gasteiger partial charge in [-0.15, -0.1) is 0 Å². The van der Waals surface area contributed by atoms with E-state index in [1.807, 2.05) is 0 Å². The van der Waals surface area contributed by atoms with E-state index in [-0.39, 0.29) is 17.8 Å². The van der Waals surface area contributed by atoms with Gasteiger partial charge in [-0.1, -0.05) is 12.1 Å². The highest BCUT2D eigenvalue weighted by atomic mass is 16.5. The van der Waals surface area contributed by atoms with Gasteiger partial charge in [0.05, 0.1) is 13.7 Å². The predicted octanol–water partition coefficient (Wildman–Crippen LogP) is 1.61. The summed E-state index contributed by atoms with van der Waals surface area (Å²) in [7, 11) is 1.50. The smallest absolute Gasteiger partial charge is 0.305 e. The van der Waals surface area contributed by atoms with E-state index >= 15 is 0 Å². The molecule has 5 nitrogen and oxygen atoms in total. The maximum atomic E-state index is 11.2. The molecule has 1 aromatic carbocycles. The number of ether oxygens (including phenoxy) is 2. The Kier molecular flexibility index (Phi) is 6.15. The number of para-hydroxylation sites is 1. The van der Waals surface area contributed by atoms with E-state index in [0.29, 0.717) is 31.6 Å². The largest absolute Gasteiger partial charge is 0.504 e. The number of carbonyl (C=O) groups is 1. The topological polar surface area (TPSA) is 81.8 Å². The number of carbonyl (C=O) groups excluding carboxylic acids is 1. The molecule has 0 aliphatic rings. The second-order valence-corrected chi connectivity index (χ2v) is 4.28. The molecule has 0 saturated heterocycles. The van der Waals surface area contributed by atoms with Crippen molar-refractivity contribution in [2.24, 2.45) is 5.73 Å². The average molecular weight is 267 g/mol. The van der Waals surface area contributed by atoms with Crippen LogP contribution in [-0.2, 0) is 16.0 Å². The van der Waals surface area contributed by atoms with Crippen molar-refractivity contribution in [1.82, 2.24) is 0 Å². The Labute approximate surface area is 113 Å². The van der Waals surface area contributed by atoms with Crippen LogP contribution >= 0.6 is 0 Å². The van der Waals surface area contributed by atoms with Crippen LogP contribution in [0.5, 0.6) is 11.5 Å². The first-order valence-corrected chi connectivity index (χ1v) is 6.34. The molecule has 0 bridgehead atoms. The zero-order chi connectivity index (χ0) is 14.3. The second-order valence-electron chi connectivity index (χ2n) is 4.28. The van der Waals surface area contributed by atoms with E-state index in [1.165, 1.54) is 7.11 Å². The summed E-state index contributed by atoms with van der Waals surface area (Å²) in [4.78, 5) is 11.2. The summed E-state index contributed by atoms with van der Waals surface area (Å²) >= 11 is 0. The van der Waals surface area contributed by atoms with Gasteiger partial charge in [0.25, 0.3) is 0 Å². The van der Waals surface area contributed by atoms with Gasteiger partial charge in [0.1, 0.15) is 0 Å².